The molecule has 0 saturated heterocycles. The molecule has 0 aromatic carbocycles. The molecule has 0 aliphatic heterocycles. The molecule has 0 aliphatic rings. The van der Waals surface area contributed by atoms with E-state index < -0.39 is 0 Å². The number of Topliss-reactive ketones (excluding diaryl/α,β-unsaturated/α-hetero) is 2. The van der Waals surface area contributed by atoms with Crippen LogP contribution in [0.1, 0.15) is 162 Å². The first-order valence-electron chi connectivity index (χ1n) is 14.7. The molecule has 4 nitrogen and oxygen atoms in total. The molecule has 200 valence electrons. The summed E-state index contributed by atoms with van der Waals surface area (Å²) < 4.78 is 5.22. The first-order chi connectivity index (χ1) is 16.5. The number of ketones is 2. The van der Waals surface area contributed by atoms with Gasteiger partial charge in [-0.05, 0) is 32.6 Å². The van der Waals surface area contributed by atoms with Gasteiger partial charge in [-0.2, -0.15) is 0 Å². The molecule has 0 radical (unpaired) electrons. The third-order valence-corrected chi connectivity index (χ3v) is 6.72. The van der Waals surface area contributed by atoms with Crippen LogP contribution in [0.5, 0.6) is 0 Å². The van der Waals surface area contributed by atoms with Crippen LogP contribution in [-0.2, 0) is 19.1 Å². The van der Waals surface area contributed by atoms with Gasteiger partial charge in [0, 0.05) is 25.7 Å². The Morgan fingerprint density at radius 2 is 0.941 bits per heavy atom. The van der Waals surface area contributed by atoms with Gasteiger partial charge in [-0.15, -0.1) is 0 Å². The van der Waals surface area contributed by atoms with Crippen LogP contribution in [0.15, 0.2) is 0 Å². The average molecular weight is 481 g/mol. The lowest BCUT2D eigenvalue weighted by Gasteiger charge is -2.15. The van der Waals surface area contributed by atoms with Gasteiger partial charge < -0.3 is 4.74 Å². The molecule has 0 heterocycles. The lowest BCUT2D eigenvalue weighted by atomic mass is 9.93. The fourth-order valence-electron chi connectivity index (χ4n) is 4.51. The molecule has 34 heavy (non-hydrogen) atoms. The maximum Gasteiger partial charge on any atom is 0.309 e. The first-order valence-corrected chi connectivity index (χ1v) is 14.7. The Labute approximate surface area is 211 Å². The second-order valence-corrected chi connectivity index (χ2v) is 10.1. The molecule has 0 aliphatic carbocycles. The van der Waals surface area contributed by atoms with Crippen molar-refractivity contribution < 1.29 is 19.1 Å². The SMILES string of the molecule is CCCCCCCCCC(=O)CCCCC[C@H](CC(=O)CCCCCCCCC)C(=O)OCC. The van der Waals surface area contributed by atoms with Crippen LogP contribution in [0.2, 0.25) is 0 Å². The lowest BCUT2D eigenvalue weighted by Crippen LogP contribution is -2.21. The van der Waals surface area contributed by atoms with E-state index in [9.17, 15) is 14.4 Å². The molecule has 0 aromatic rings. The van der Waals surface area contributed by atoms with Crippen molar-refractivity contribution in [1.82, 2.24) is 0 Å². The minimum Gasteiger partial charge on any atom is -0.466 e. The van der Waals surface area contributed by atoms with E-state index in [1.165, 1.54) is 70.6 Å². The van der Waals surface area contributed by atoms with Crippen LogP contribution < -0.4 is 0 Å². The molecule has 0 unspecified atom stereocenters. The topological polar surface area (TPSA) is 60.4 Å². The van der Waals surface area contributed by atoms with Crippen LogP contribution in [-0.4, -0.2) is 24.1 Å². The van der Waals surface area contributed by atoms with Gasteiger partial charge in [0.15, 0.2) is 0 Å². The molecule has 0 saturated carbocycles. The molecule has 1 atom stereocenters. The molecule has 0 amide bonds. The third kappa shape index (κ3) is 21.4. The van der Waals surface area contributed by atoms with Crippen LogP contribution in [0.25, 0.3) is 0 Å². The van der Waals surface area contributed by atoms with Crippen molar-refractivity contribution >= 4 is 17.5 Å². The minimum absolute atomic E-state index is 0.191. The van der Waals surface area contributed by atoms with Crippen molar-refractivity contribution in [3.63, 3.8) is 0 Å². The number of unbranched alkanes of at least 4 members (excludes halogenated alkanes) is 14. The largest absolute Gasteiger partial charge is 0.466 e. The third-order valence-electron chi connectivity index (χ3n) is 6.72. The van der Waals surface area contributed by atoms with Crippen molar-refractivity contribution in [2.75, 3.05) is 6.61 Å². The Morgan fingerprint density at radius 3 is 1.41 bits per heavy atom. The number of hydrogen-bond acceptors (Lipinski definition) is 4. The van der Waals surface area contributed by atoms with E-state index in [1.54, 1.807) is 0 Å². The number of rotatable bonds is 26. The summed E-state index contributed by atoms with van der Waals surface area (Å²) in [4.78, 5) is 36.8. The number of carbonyl (C=O) groups excluding carboxylic acids is 3. The van der Waals surface area contributed by atoms with Gasteiger partial charge >= 0.3 is 5.97 Å². The van der Waals surface area contributed by atoms with Gasteiger partial charge in [0.05, 0.1) is 12.5 Å². The van der Waals surface area contributed by atoms with E-state index in [1.807, 2.05) is 6.92 Å². The van der Waals surface area contributed by atoms with Gasteiger partial charge in [-0.25, -0.2) is 0 Å². The summed E-state index contributed by atoms with van der Waals surface area (Å²) in [6.45, 7) is 6.62. The summed E-state index contributed by atoms with van der Waals surface area (Å²) >= 11 is 0. The normalized spacial score (nSPS) is 12.0. The van der Waals surface area contributed by atoms with Crippen molar-refractivity contribution in [2.45, 2.75) is 162 Å². The van der Waals surface area contributed by atoms with Gasteiger partial charge in [-0.3, -0.25) is 14.4 Å². The number of carbonyl (C=O) groups is 3. The van der Waals surface area contributed by atoms with Crippen LogP contribution in [0.3, 0.4) is 0 Å². The predicted molar refractivity (Wildman–Crippen MR) is 143 cm³/mol. The average Bonchev–Trinajstić information content (AvgIpc) is 2.82. The van der Waals surface area contributed by atoms with E-state index in [0.29, 0.717) is 44.5 Å². The summed E-state index contributed by atoms with van der Waals surface area (Å²) in [6, 6.07) is 0. The highest BCUT2D eigenvalue weighted by molar-refractivity contribution is 5.84. The number of esters is 1. The van der Waals surface area contributed by atoms with Crippen LogP contribution in [0.4, 0.5) is 0 Å². The zero-order valence-electron chi connectivity index (χ0n) is 23.0. The zero-order valence-corrected chi connectivity index (χ0v) is 23.0. The Hall–Kier alpha value is -1.19. The standard InChI is InChI=1S/C30H56O4/c1-4-7-9-11-13-15-19-23-28(31)24-21-17-18-22-27(30(33)34-6-3)26-29(32)25-20-16-14-12-10-8-5-2/h27H,4-26H2,1-3H3/t27-/m1/s1. The smallest absolute Gasteiger partial charge is 0.309 e. The first kappa shape index (κ1) is 32.8. The second-order valence-electron chi connectivity index (χ2n) is 10.1. The van der Waals surface area contributed by atoms with Crippen molar-refractivity contribution in [3.05, 3.63) is 0 Å². The van der Waals surface area contributed by atoms with Crippen molar-refractivity contribution in [2.24, 2.45) is 5.92 Å². The number of ether oxygens (including phenoxy) is 1. The monoisotopic (exact) mass is 480 g/mol. The van der Waals surface area contributed by atoms with Crippen molar-refractivity contribution in [1.29, 1.82) is 0 Å². The fraction of sp³-hybridized carbons (Fsp3) is 0.900. The molecule has 0 bridgehead atoms. The van der Waals surface area contributed by atoms with E-state index >= 15 is 0 Å². The van der Waals surface area contributed by atoms with Gasteiger partial charge in [0.1, 0.15) is 11.6 Å². The maximum absolute atomic E-state index is 12.4. The summed E-state index contributed by atoms with van der Waals surface area (Å²) in [5.74, 6) is 0.0164. The summed E-state index contributed by atoms with van der Waals surface area (Å²) in [6.07, 6.45) is 22.6. The highest BCUT2D eigenvalue weighted by Gasteiger charge is 2.22. The Balaban J connectivity index is 3.97. The Morgan fingerprint density at radius 1 is 0.529 bits per heavy atom. The second kappa shape index (κ2) is 24.9. The number of hydrogen-bond donors (Lipinski definition) is 0. The molecule has 0 N–H and O–H groups in total. The Bertz CT molecular complexity index is 500. The lowest BCUT2D eigenvalue weighted by molar-refractivity contribution is -0.150. The molecular formula is C30H56O4. The van der Waals surface area contributed by atoms with E-state index in [0.717, 1.165) is 38.5 Å². The van der Waals surface area contributed by atoms with Gasteiger partial charge in [-0.1, -0.05) is 104 Å². The summed E-state index contributed by atoms with van der Waals surface area (Å²) in [7, 11) is 0. The van der Waals surface area contributed by atoms with Gasteiger partial charge in [0.2, 0.25) is 0 Å². The molecule has 0 spiro atoms. The van der Waals surface area contributed by atoms with E-state index in [4.69, 9.17) is 4.74 Å². The fourth-order valence-corrected chi connectivity index (χ4v) is 4.51. The van der Waals surface area contributed by atoms with Crippen LogP contribution >= 0.6 is 0 Å². The molecule has 4 heteroatoms. The minimum atomic E-state index is -0.319. The molecule has 0 fully saturated rings. The highest BCUT2D eigenvalue weighted by atomic mass is 16.5. The molecule has 0 rings (SSSR count). The van der Waals surface area contributed by atoms with Crippen molar-refractivity contribution in [3.8, 4) is 0 Å². The zero-order chi connectivity index (χ0) is 25.3. The summed E-state index contributed by atoms with van der Waals surface area (Å²) in [5.41, 5.74) is 0. The molecule has 0 aromatic heterocycles. The maximum atomic E-state index is 12.4. The predicted octanol–water partition coefficient (Wildman–Crippen LogP) is 8.93. The Kier molecular flexibility index (Phi) is 24.0. The summed E-state index contributed by atoms with van der Waals surface area (Å²) in [5, 5.41) is 0. The highest BCUT2D eigenvalue weighted by Crippen LogP contribution is 2.19. The van der Waals surface area contributed by atoms with E-state index in [2.05, 4.69) is 13.8 Å². The van der Waals surface area contributed by atoms with Gasteiger partial charge in [0.25, 0.3) is 0 Å². The van der Waals surface area contributed by atoms with Crippen LogP contribution in [0, 0.1) is 5.92 Å². The quantitative estimate of drug-likeness (QED) is 0.0915. The van der Waals surface area contributed by atoms with E-state index in [-0.39, 0.29) is 17.7 Å². The molecular weight excluding hydrogens is 424 g/mol.